The number of aryl methyl sites for hydroxylation is 1. The second-order valence-electron chi connectivity index (χ2n) is 8.22. The van der Waals surface area contributed by atoms with Gasteiger partial charge in [0.2, 0.25) is 0 Å². The third-order valence-corrected chi connectivity index (χ3v) is 7.59. The Morgan fingerprint density at radius 2 is 2.06 bits per heavy atom. The fraction of sp³-hybridized carbons (Fsp3) is 0.458. The van der Waals surface area contributed by atoms with Crippen molar-refractivity contribution >= 4 is 33.2 Å². The molecule has 164 valence electrons. The largest absolute Gasteiger partial charge is 0.354 e. The maximum Gasteiger partial charge on any atom is 0.274 e. The Hall–Kier alpha value is -2.67. The summed E-state index contributed by atoms with van der Waals surface area (Å²) in [5, 5.41) is 11.3. The van der Waals surface area contributed by atoms with E-state index in [1.54, 1.807) is 7.05 Å². The molecule has 2 aromatic heterocycles. The molecule has 1 saturated heterocycles. The number of hydrogen-bond acceptors (Lipinski definition) is 4. The maximum atomic E-state index is 13.5. The molecule has 1 aromatic carbocycles. The molecule has 7 heteroatoms. The van der Waals surface area contributed by atoms with Gasteiger partial charge in [0.05, 0.1) is 4.88 Å². The van der Waals surface area contributed by atoms with Gasteiger partial charge in [-0.15, -0.1) is 11.3 Å². The van der Waals surface area contributed by atoms with E-state index in [1.807, 2.05) is 24.0 Å². The fourth-order valence-electron chi connectivity index (χ4n) is 4.61. The molecule has 1 aliphatic rings. The van der Waals surface area contributed by atoms with Gasteiger partial charge < -0.3 is 10.2 Å². The SMILES string of the molecule is CCc1[nH]nc(C(=O)N2CCCCCC2Cc2c(C(=O)NC)sc3ccccc23)c1C. The van der Waals surface area contributed by atoms with Crippen LogP contribution in [0.1, 0.15) is 69.6 Å². The molecule has 0 aliphatic carbocycles. The number of carbonyl (C=O) groups is 2. The van der Waals surface area contributed by atoms with Gasteiger partial charge in [-0.25, -0.2) is 0 Å². The number of hydrogen-bond donors (Lipinski definition) is 2. The molecule has 3 heterocycles. The molecule has 3 aromatic rings. The Morgan fingerprint density at radius 1 is 1.26 bits per heavy atom. The van der Waals surface area contributed by atoms with Crippen molar-refractivity contribution in [1.29, 1.82) is 0 Å². The van der Waals surface area contributed by atoms with Crippen molar-refractivity contribution in [3.8, 4) is 0 Å². The highest BCUT2D eigenvalue weighted by molar-refractivity contribution is 7.21. The van der Waals surface area contributed by atoms with Gasteiger partial charge in [0.25, 0.3) is 11.8 Å². The summed E-state index contributed by atoms with van der Waals surface area (Å²) in [7, 11) is 1.67. The number of aromatic nitrogens is 2. The highest BCUT2D eigenvalue weighted by Gasteiger charge is 2.31. The molecule has 0 bridgehead atoms. The molecule has 1 unspecified atom stereocenters. The maximum absolute atomic E-state index is 13.5. The van der Waals surface area contributed by atoms with E-state index in [1.165, 1.54) is 11.3 Å². The van der Waals surface area contributed by atoms with Crippen molar-refractivity contribution in [2.75, 3.05) is 13.6 Å². The number of fused-ring (bicyclic) bond motifs is 1. The van der Waals surface area contributed by atoms with Gasteiger partial charge in [-0.1, -0.05) is 38.0 Å². The number of thiophene rings is 1. The van der Waals surface area contributed by atoms with Gasteiger partial charge in [0.15, 0.2) is 5.69 Å². The molecule has 0 saturated carbocycles. The van der Waals surface area contributed by atoms with E-state index in [0.717, 1.165) is 70.4 Å². The second-order valence-corrected chi connectivity index (χ2v) is 9.27. The topological polar surface area (TPSA) is 78.1 Å². The standard InChI is InChI=1S/C24H30N4O2S/c1-4-19-15(2)21(27-26-19)24(30)28-13-9-5-6-10-16(28)14-18-17-11-7-8-12-20(17)31-22(18)23(29)25-3/h7-8,11-12,16H,4-6,9-10,13-14H2,1-3H3,(H,25,29)(H,26,27). The highest BCUT2D eigenvalue weighted by atomic mass is 32.1. The normalized spacial score (nSPS) is 17.0. The lowest BCUT2D eigenvalue weighted by molar-refractivity contribution is 0.0675. The minimum absolute atomic E-state index is 0.00128. The molecule has 0 radical (unpaired) electrons. The Balaban J connectivity index is 1.71. The van der Waals surface area contributed by atoms with Crippen LogP contribution in [0.25, 0.3) is 10.1 Å². The average Bonchev–Trinajstić information content (AvgIpc) is 3.25. The lowest BCUT2D eigenvalue weighted by Gasteiger charge is -2.30. The minimum Gasteiger partial charge on any atom is -0.354 e. The Morgan fingerprint density at radius 3 is 2.81 bits per heavy atom. The molecule has 6 nitrogen and oxygen atoms in total. The van der Waals surface area contributed by atoms with Crippen LogP contribution in [-0.2, 0) is 12.8 Å². The summed E-state index contributed by atoms with van der Waals surface area (Å²) in [6.45, 7) is 4.76. The molecular formula is C24H30N4O2S. The van der Waals surface area contributed by atoms with Crippen molar-refractivity contribution < 1.29 is 9.59 Å². The van der Waals surface area contributed by atoms with Crippen LogP contribution in [0.5, 0.6) is 0 Å². The minimum atomic E-state index is -0.0570. The highest BCUT2D eigenvalue weighted by Crippen LogP contribution is 2.34. The van der Waals surface area contributed by atoms with E-state index in [-0.39, 0.29) is 17.9 Å². The van der Waals surface area contributed by atoms with Gasteiger partial charge in [-0.05, 0) is 49.6 Å². The number of aromatic amines is 1. The van der Waals surface area contributed by atoms with Crippen molar-refractivity contribution in [3.05, 3.63) is 51.7 Å². The van der Waals surface area contributed by atoms with Gasteiger partial charge in [-0.2, -0.15) is 5.10 Å². The van der Waals surface area contributed by atoms with Crippen LogP contribution in [0, 0.1) is 6.92 Å². The van der Waals surface area contributed by atoms with Crippen molar-refractivity contribution in [1.82, 2.24) is 20.4 Å². The van der Waals surface area contributed by atoms with E-state index in [4.69, 9.17) is 0 Å². The van der Waals surface area contributed by atoms with Crippen LogP contribution in [0.15, 0.2) is 24.3 Å². The number of amides is 2. The van der Waals surface area contributed by atoms with Crippen LogP contribution in [0.3, 0.4) is 0 Å². The monoisotopic (exact) mass is 438 g/mol. The number of carbonyl (C=O) groups excluding carboxylic acids is 2. The predicted octanol–water partition coefficient (Wildman–Crippen LogP) is 4.48. The van der Waals surface area contributed by atoms with Crippen molar-refractivity contribution in [2.45, 2.75) is 58.4 Å². The van der Waals surface area contributed by atoms with Crippen LogP contribution >= 0.6 is 11.3 Å². The zero-order chi connectivity index (χ0) is 22.0. The van der Waals surface area contributed by atoms with Crippen molar-refractivity contribution in [2.24, 2.45) is 0 Å². The van der Waals surface area contributed by atoms with Gasteiger partial charge >= 0.3 is 0 Å². The quantitative estimate of drug-likeness (QED) is 0.616. The summed E-state index contributed by atoms with van der Waals surface area (Å²) in [4.78, 5) is 28.9. The predicted molar refractivity (Wildman–Crippen MR) is 125 cm³/mol. The molecule has 0 spiro atoms. The number of likely N-dealkylation sites (tertiary alicyclic amines) is 1. The first-order valence-corrected chi connectivity index (χ1v) is 11.9. The first kappa shape index (κ1) is 21.6. The van der Waals surface area contributed by atoms with E-state index in [9.17, 15) is 9.59 Å². The number of nitrogens with one attached hydrogen (secondary N) is 2. The summed E-state index contributed by atoms with van der Waals surface area (Å²) in [5.41, 5.74) is 3.55. The first-order chi connectivity index (χ1) is 15.0. The summed E-state index contributed by atoms with van der Waals surface area (Å²) >= 11 is 1.53. The average molecular weight is 439 g/mol. The number of benzene rings is 1. The molecular weight excluding hydrogens is 408 g/mol. The third kappa shape index (κ3) is 4.11. The first-order valence-electron chi connectivity index (χ1n) is 11.1. The third-order valence-electron chi connectivity index (χ3n) is 6.38. The molecule has 31 heavy (non-hydrogen) atoms. The number of nitrogens with zero attached hydrogens (tertiary/aromatic N) is 2. The molecule has 1 atom stereocenters. The van der Waals surface area contributed by atoms with Crippen molar-refractivity contribution in [3.63, 3.8) is 0 Å². The van der Waals surface area contributed by atoms with Gasteiger partial charge in [-0.3, -0.25) is 14.7 Å². The van der Waals surface area contributed by atoms with E-state index in [0.29, 0.717) is 12.1 Å². The zero-order valence-electron chi connectivity index (χ0n) is 18.5. The van der Waals surface area contributed by atoms with E-state index in [2.05, 4.69) is 34.6 Å². The summed E-state index contributed by atoms with van der Waals surface area (Å²) in [6.07, 6.45) is 5.65. The Kier molecular flexibility index (Phi) is 6.41. The number of rotatable bonds is 5. The molecule has 4 rings (SSSR count). The summed E-state index contributed by atoms with van der Waals surface area (Å²) in [5.74, 6) is -0.0557. The summed E-state index contributed by atoms with van der Waals surface area (Å²) < 4.78 is 1.11. The van der Waals surface area contributed by atoms with Gasteiger partial charge in [0, 0.05) is 35.6 Å². The van der Waals surface area contributed by atoms with Crippen LogP contribution in [0.2, 0.25) is 0 Å². The van der Waals surface area contributed by atoms with Crippen LogP contribution < -0.4 is 5.32 Å². The lowest BCUT2D eigenvalue weighted by Crippen LogP contribution is -2.42. The Labute approximate surface area is 187 Å². The van der Waals surface area contributed by atoms with E-state index < -0.39 is 0 Å². The smallest absolute Gasteiger partial charge is 0.274 e. The van der Waals surface area contributed by atoms with Crippen LogP contribution in [0.4, 0.5) is 0 Å². The fourth-order valence-corrected chi connectivity index (χ4v) is 5.79. The molecule has 2 amide bonds. The Bertz CT molecular complexity index is 1100. The number of H-pyrrole nitrogens is 1. The zero-order valence-corrected chi connectivity index (χ0v) is 19.3. The van der Waals surface area contributed by atoms with E-state index >= 15 is 0 Å². The lowest BCUT2D eigenvalue weighted by atomic mass is 9.97. The molecule has 1 fully saturated rings. The van der Waals surface area contributed by atoms with Crippen LogP contribution in [-0.4, -0.2) is 46.5 Å². The summed E-state index contributed by atoms with van der Waals surface area (Å²) in [6, 6.07) is 8.22. The molecule has 2 N–H and O–H groups in total. The second kappa shape index (κ2) is 9.22. The molecule has 1 aliphatic heterocycles. The van der Waals surface area contributed by atoms with Gasteiger partial charge in [0.1, 0.15) is 0 Å².